The normalized spacial score (nSPS) is 11.1. The largest absolute Gasteiger partial charge is 0.488 e. The van der Waals surface area contributed by atoms with Crippen LogP contribution in [0.4, 0.5) is 4.39 Å². The van der Waals surface area contributed by atoms with E-state index in [2.05, 4.69) is 37.9 Å². The molecular formula is C22H14Br2FNO. The molecule has 0 saturated heterocycles. The van der Waals surface area contributed by atoms with Gasteiger partial charge in [0, 0.05) is 10.0 Å². The molecule has 0 N–H and O–H groups in total. The first-order valence-corrected chi connectivity index (χ1v) is 9.69. The van der Waals surface area contributed by atoms with E-state index in [0.717, 1.165) is 20.1 Å². The molecule has 0 aromatic heterocycles. The smallest absolute Gasteiger partial charge is 0.134 e. The molecule has 3 rings (SSSR count). The van der Waals surface area contributed by atoms with Crippen molar-refractivity contribution < 1.29 is 9.13 Å². The van der Waals surface area contributed by atoms with E-state index >= 15 is 0 Å². The topological polar surface area (TPSA) is 33.0 Å². The molecule has 0 amide bonds. The van der Waals surface area contributed by atoms with Gasteiger partial charge in [0.2, 0.25) is 0 Å². The second-order valence-electron chi connectivity index (χ2n) is 5.75. The van der Waals surface area contributed by atoms with Crippen molar-refractivity contribution in [3.8, 4) is 11.8 Å². The number of halogens is 3. The van der Waals surface area contributed by atoms with Crippen LogP contribution in [0.5, 0.6) is 5.75 Å². The van der Waals surface area contributed by atoms with Crippen molar-refractivity contribution in [3.05, 3.63) is 98.2 Å². The van der Waals surface area contributed by atoms with Crippen molar-refractivity contribution in [1.82, 2.24) is 0 Å². The van der Waals surface area contributed by atoms with Gasteiger partial charge in [0.1, 0.15) is 18.2 Å². The molecule has 134 valence electrons. The van der Waals surface area contributed by atoms with Crippen LogP contribution in [-0.4, -0.2) is 0 Å². The lowest BCUT2D eigenvalue weighted by atomic mass is 10.0. The minimum absolute atomic E-state index is 0.267. The second kappa shape index (κ2) is 8.98. The monoisotopic (exact) mass is 485 g/mol. The highest BCUT2D eigenvalue weighted by atomic mass is 79.9. The van der Waals surface area contributed by atoms with Gasteiger partial charge in [0.15, 0.2) is 0 Å². The van der Waals surface area contributed by atoms with Gasteiger partial charge in [-0.05, 0) is 63.5 Å². The molecule has 0 aliphatic heterocycles. The van der Waals surface area contributed by atoms with E-state index in [1.807, 2.05) is 42.5 Å². The highest BCUT2D eigenvalue weighted by Gasteiger charge is 2.08. The fraction of sp³-hybridized carbons (Fsp3) is 0.0455. The minimum atomic E-state index is -0.418. The highest BCUT2D eigenvalue weighted by molar-refractivity contribution is 9.10. The van der Waals surface area contributed by atoms with Crippen molar-refractivity contribution >= 4 is 43.5 Å². The van der Waals surface area contributed by atoms with Crippen molar-refractivity contribution in [2.24, 2.45) is 0 Å². The summed E-state index contributed by atoms with van der Waals surface area (Å²) in [6, 6.07) is 21.7. The maximum Gasteiger partial charge on any atom is 0.134 e. The van der Waals surface area contributed by atoms with Gasteiger partial charge in [-0.15, -0.1) is 0 Å². The van der Waals surface area contributed by atoms with E-state index in [1.165, 1.54) is 6.07 Å². The quantitative estimate of drug-likeness (QED) is 0.287. The third kappa shape index (κ3) is 5.06. The number of ether oxygens (including phenoxy) is 1. The molecule has 0 unspecified atom stereocenters. The maximum atomic E-state index is 13.9. The molecule has 27 heavy (non-hydrogen) atoms. The van der Waals surface area contributed by atoms with Crippen LogP contribution in [0, 0.1) is 17.1 Å². The first-order valence-electron chi connectivity index (χ1n) is 8.10. The molecular weight excluding hydrogens is 473 g/mol. The summed E-state index contributed by atoms with van der Waals surface area (Å²) >= 11 is 6.90. The molecule has 0 aliphatic carbocycles. The fourth-order valence-corrected chi connectivity index (χ4v) is 3.26. The third-order valence-corrected chi connectivity index (χ3v) is 5.01. The van der Waals surface area contributed by atoms with Crippen molar-refractivity contribution in [2.75, 3.05) is 0 Å². The summed E-state index contributed by atoms with van der Waals surface area (Å²) < 4.78 is 21.6. The van der Waals surface area contributed by atoms with E-state index in [4.69, 9.17) is 4.74 Å². The fourth-order valence-electron chi connectivity index (χ4n) is 2.48. The number of nitrogens with zero attached hydrogens (tertiary/aromatic N) is 1. The molecule has 2 nitrogen and oxygen atoms in total. The zero-order valence-corrected chi connectivity index (χ0v) is 17.3. The van der Waals surface area contributed by atoms with Crippen LogP contribution in [0.25, 0.3) is 11.6 Å². The molecule has 0 radical (unpaired) electrons. The molecule has 3 aromatic carbocycles. The molecule has 0 atom stereocenters. The number of rotatable bonds is 5. The molecule has 0 fully saturated rings. The van der Waals surface area contributed by atoms with Crippen molar-refractivity contribution in [2.45, 2.75) is 6.61 Å². The first kappa shape index (κ1) is 19.3. The molecule has 0 bridgehead atoms. The summed E-state index contributed by atoms with van der Waals surface area (Å²) in [5, 5.41) is 9.39. The Morgan fingerprint density at radius 2 is 1.78 bits per heavy atom. The summed E-state index contributed by atoms with van der Waals surface area (Å²) in [7, 11) is 0. The Kier molecular flexibility index (Phi) is 6.44. The molecule has 0 aliphatic rings. The van der Waals surface area contributed by atoms with Gasteiger partial charge in [-0.2, -0.15) is 5.26 Å². The lowest BCUT2D eigenvalue weighted by molar-refractivity contribution is 0.304. The van der Waals surface area contributed by atoms with Crippen LogP contribution in [0.1, 0.15) is 16.7 Å². The zero-order chi connectivity index (χ0) is 19.2. The Bertz CT molecular complexity index is 1020. The summed E-state index contributed by atoms with van der Waals surface area (Å²) in [6.07, 6.45) is 1.65. The predicted octanol–water partition coefficient (Wildman–Crippen LogP) is 6.99. The van der Waals surface area contributed by atoms with Crippen LogP contribution >= 0.6 is 31.9 Å². The second-order valence-corrected chi connectivity index (χ2v) is 7.52. The summed E-state index contributed by atoms with van der Waals surface area (Å²) in [4.78, 5) is 0. The molecule has 0 spiro atoms. The highest BCUT2D eigenvalue weighted by Crippen LogP contribution is 2.29. The van der Waals surface area contributed by atoms with Gasteiger partial charge < -0.3 is 4.74 Å². The van der Waals surface area contributed by atoms with Gasteiger partial charge in [-0.1, -0.05) is 52.3 Å². The average molecular weight is 487 g/mol. The Morgan fingerprint density at radius 1 is 1.04 bits per heavy atom. The lowest BCUT2D eigenvalue weighted by Gasteiger charge is -2.09. The van der Waals surface area contributed by atoms with Gasteiger partial charge in [-0.25, -0.2) is 4.39 Å². The van der Waals surface area contributed by atoms with E-state index in [0.29, 0.717) is 12.4 Å². The van der Waals surface area contributed by atoms with Gasteiger partial charge in [-0.3, -0.25) is 0 Å². The molecule has 0 heterocycles. The SMILES string of the molecule is N#C/C(=C/c1ccc(OCc2ccc(Br)cc2)c(Br)c1)c1ccccc1F. The number of hydrogen-bond acceptors (Lipinski definition) is 2. The van der Waals surface area contributed by atoms with E-state index in [9.17, 15) is 9.65 Å². The number of benzene rings is 3. The van der Waals surface area contributed by atoms with Crippen LogP contribution < -0.4 is 4.74 Å². The van der Waals surface area contributed by atoms with Crippen molar-refractivity contribution in [1.29, 1.82) is 5.26 Å². The van der Waals surface area contributed by atoms with Crippen LogP contribution in [0.3, 0.4) is 0 Å². The Hall–Kier alpha value is -2.42. The predicted molar refractivity (Wildman–Crippen MR) is 113 cm³/mol. The summed E-state index contributed by atoms with van der Waals surface area (Å²) in [6.45, 7) is 0.444. The van der Waals surface area contributed by atoms with E-state index < -0.39 is 5.82 Å². The van der Waals surface area contributed by atoms with Gasteiger partial charge in [0.05, 0.1) is 16.1 Å². The van der Waals surface area contributed by atoms with Crippen molar-refractivity contribution in [3.63, 3.8) is 0 Å². The molecule has 3 aromatic rings. The Balaban J connectivity index is 1.78. The Morgan fingerprint density at radius 3 is 2.44 bits per heavy atom. The maximum absolute atomic E-state index is 13.9. The minimum Gasteiger partial charge on any atom is -0.488 e. The van der Waals surface area contributed by atoms with Crippen LogP contribution in [0.2, 0.25) is 0 Å². The van der Waals surface area contributed by atoms with Crippen LogP contribution in [0.15, 0.2) is 75.7 Å². The van der Waals surface area contributed by atoms with Crippen LogP contribution in [-0.2, 0) is 6.61 Å². The first-order chi connectivity index (χ1) is 13.1. The molecule has 0 saturated carbocycles. The average Bonchev–Trinajstić information content (AvgIpc) is 2.67. The number of hydrogen-bond donors (Lipinski definition) is 0. The third-order valence-electron chi connectivity index (χ3n) is 3.86. The Labute approximate surface area is 174 Å². The summed E-state index contributed by atoms with van der Waals surface area (Å²) in [5.41, 5.74) is 2.38. The van der Waals surface area contributed by atoms with E-state index in [-0.39, 0.29) is 11.1 Å². The zero-order valence-electron chi connectivity index (χ0n) is 14.1. The van der Waals surface area contributed by atoms with Gasteiger partial charge >= 0.3 is 0 Å². The van der Waals surface area contributed by atoms with E-state index in [1.54, 1.807) is 24.3 Å². The molecule has 5 heteroatoms. The standard InChI is InChI=1S/C22H14Br2FNO/c23-18-8-5-15(6-9-18)14-27-22-10-7-16(12-20(22)24)11-17(13-26)19-3-1-2-4-21(19)25/h1-12H,14H2/b17-11-. The lowest BCUT2D eigenvalue weighted by Crippen LogP contribution is -1.96. The number of allylic oxidation sites excluding steroid dienone is 1. The van der Waals surface area contributed by atoms with Gasteiger partial charge in [0.25, 0.3) is 0 Å². The summed E-state index contributed by atoms with van der Waals surface area (Å²) in [5.74, 6) is 0.276. The number of nitriles is 1.